The van der Waals surface area contributed by atoms with Crippen LogP contribution in [0, 0.1) is 0 Å². The molecule has 0 atom stereocenters. The molecule has 4 aromatic rings. The van der Waals surface area contributed by atoms with Crippen molar-refractivity contribution in [1.29, 1.82) is 0 Å². The third-order valence-electron chi connectivity index (χ3n) is 5.48. The summed E-state index contributed by atoms with van der Waals surface area (Å²) in [5.74, 6) is 0.443. The van der Waals surface area contributed by atoms with Crippen LogP contribution in [0.4, 0.5) is 16.6 Å². The standard InChI is InChI=1S/C24H17ClN5O2S2/c1-28-12-6-9-17-20(28)26-21(32-17)19-22(31)30(15-7-4-3-5-8-15)24(34-19)27-23-29(2)16-11-10-14(25)13-18(16)33-23/h3-13H,1-2H3/q+1/b21-19-. The molecule has 10 heteroatoms. The lowest BCUT2D eigenvalue weighted by atomic mass is 10.3. The molecule has 0 N–H and O–H groups in total. The molecule has 1 fully saturated rings. The molecule has 0 saturated carbocycles. The van der Waals surface area contributed by atoms with Gasteiger partial charge in [-0.15, -0.1) is 0 Å². The number of aliphatic imine (C=N–C) groups is 1. The Hall–Kier alpha value is -3.40. The van der Waals surface area contributed by atoms with Crippen LogP contribution in [-0.2, 0) is 11.8 Å². The number of anilines is 2. The van der Waals surface area contributed by atoms with E-state index in [1.54, 1.807) is 4.90 Å². The van der Waals surface area contributed by atoms with Crippen molar-refractivity contribution in [2.45, 2.75) is 0 Å². The normalized spacial score (nSPS) is 18.2. The van der Waals surface area contributed by atoms with Gasteiger partial charge in [-0.1, -0.05) is 29.8 Å². The first-order valence-electron chi connectivity index (χ1n) is 10.4. The van der Waals surface area contributed by atoms with Gasteiger partial charge >= 0.3 is 5.13 Å². The second-order valence-electron chi connectivity index (χ2n) is 7.68. The summed E-state index contributed by atoms with van der Waals surface area (Å²) in [7, 11) is 3.84. The number of allylic oxidation sites excluding steroid dienone is 1. The maximum atomic E-state index is 13.6. The largest absolute Gasteiger partial charge is 0.434 e. The number of para-hydroxylation sites is 1. The van der Waals surface area contributed by atoms with E-state index < -0.39 is 0 Å². The van der Waals surface area contributed by atoms with E-state index in [0.29, 0.717) is 26.3 Å². The first kappa shape index (κ1) is 21.2. The fourth-order valence-corrected chi connectivity index (χ4v) is 6.09. The Morgan fingerprint density at radius 2 is 2.00 bits per heavy atom. The summed E-state index contributed by atoms with van der Waals surface area (Å²) in [5, 5.41) is 1.95. The average Bonchev–Trinajstić information content (AvgIpc) is 3.49. The molecule has 1 saturated heterocycles. The second-order valence-corrected chi connectivity index (χ2v) is 10.1. The zero-order valence-corrected chi connectivity index (χ0v) is 20.5. The molecule has 2 aromatic carbocycles. The molecule has 34 heavy (non-hydrogen) atoms. The first-order chi connectivity index (χ1) is 16.5. The van der Waals surface area contributed by atoms with Gasteiger partial charge in [-0.05, 0) is 70.6 Å². The Morgan fingerprint density at radius 1 is 1.18 bits per heavy atom. The minimum Gasteiger partial charge on any atom is -0.434 e. The topological polar surface area (TPSA) is 65.8 Å². The maximum Gasteiger partial charge on any atom is 0.385 e. The predicted molar refractivity (Wildman–Crippen MR) is 138 cm³/mol. The molecule has 0 unspecified atom stereocenters. The van der Waals surface area contributed by atoms with Gasteiger partial charge in [-0.2, -0.15) is 4.98 Å². The number of thioether (sulfide) groups is 1. The van der Waals surface area contributed by atoms with Crippen LogP contribution in [0.1, 0.15) is 0 Å². The zero-order valence-electron chi connectivity index (χ0n) is 18.1. The summed E-state index contributed by atoms with van der Waals surface area (Å²) in [6.07, 6.45) is 5.60. The summed E-state index contributed by atoms with van der Waals surface area (Å²) >= 11 is 8.96. The van der Waals surface area contributed by atoms with Gasteiger partial charge in [-0.3, -0.25) is 4.79 Å². The molecule has 0 aliphatic carbocycles. The van der Waals surface area contributed by atoms with Crippen LogP contribution in [0.15, 0.2) is 70.2 Å². The summed E-state index contributed by atoms with van der Waals surface area (Å²) in [5.41, 5.74) is 2.64. The quantitative estimate of drug-likeness (QED) is 0.388. The average molecular weight is 507 g/mol. The molecule has 4 heterocycles. The van der Waals surface area contributed by atoms with Gasteiger partial charge in [0.1, 0.15) is 10.4 Å². The molecule has 0 bridgehead atoms. The van der Waals surface area contributed by atoms with Gasteiger partial charge < -0.3 is 9.32 Å². The van der Waals surface area contributed by atoms with E-state index in [9.17, 15) is 4.79 Å². The number of oxazole rings is 1. The summed E-state index contributed by atoms with van der Waals surface area (Å²) < 4.78 is 8.98. The second kappa shape index (κ2) is 8.12. The van der Waals surface area contributed by atoms with Crippen LogP contribution >= 0.6 is 34.7 Å². The number of aromatic nitrogens is 2. The number of thiazole rings is 1. The molecule has 168 valence electrons. The van der Waals surface area contributed by atoms with E-state index in [0.717, 1.165) is 21.0 Å². The number of nitrogens with zero attached hydrogens (tertiary/aromatic N) is 5. The number of carbonyl (C=O) groups excluding carboxylic acids is 1. The molecular formula is C24H17ClN5O2S2+. The van der Waals surface area contributed by atoms with Crippen molar-refractivity contribution in [3.63, 3.8) is 0 Å². The van der Waals surface area contributed by atoms with Crippen molar-refractivity contribution in [1.82, 2.24) is 4.98 Å². The number of amides is 1. The van der Waals surface area contributed by atoms with Gasteiger partial charge in [0, 0.05) is 18.3 Å². The number of fused-ring (bicyclic) bond motifs is 2. The number of amidine groups is 1. The molecule has 2 aliphatic heterocycles. The van der Waals surface area contributed by atoms with Crippen molar-refractivity contribution in [3.05, 3.63) is 76.8 Å². The number of hydrogen-bond donors (Lipinski definition) is 0. The summed E-state index contributed by atoms with van der Waals surface area (Å²) in [4.78, 5) is 27.0. The molecule has 2 aromatic heterocycles. The minimum atomic E-state index is -0.226. The number of halogens is 1. The molecule has 0 radical (unpaired) electrons. The lowest BCUT2D eigenvalue weighted by Gasteiger charge is -2.11. The van der Waals surface area contributed by atoms with E-state index >= 15 is 0 Å². The minimum absolute atomic E-state index is 0.226. The third-order valence-corrected chi connectivity index (χ3v) is 7.82. The van der Waals surface area contributed by atoms with E-state index in [2.05, 4.69) is 4.98 Å². The monoisotopic (exact) mass is 506 g/mol. The van der Waals surface area contributed by atoms with Crippen LogP contribution in [0.5, 0.6) is 0 Å². The number of benzene rings is 2. The smallest absolute Gasteiger partial charge is 0.385 e. The molecule has 6 rings (SSSR count). The van der Waals surface area contributed by atoms with Crippen LogP contribution in [-0.4, -0.2) is 23.1 Å². The van der Waals surface area contributed by atoms with Gasteiger partial charge in [0.25, 0.3) is 11.1 Å². The zero-order chi connectivity index (χ0) is 23.4. The fourth-order valence-electron chi connectivity index (χ4n) is 3.79. The van der Waals surface area contributed by atoms with Crippen LogP contribution in [0.25, 0.3) is 21.2 Å². The highest BCUT2D eigenvalue weighted by Gasteiger charge is 2.41. The Kier molecular flexibility index (Phi) is 5.05. The highest BCUT2D eigenvalue weighted by molar-refractivity contribution is 8.23. The van der Waals surface area contributed by atoms with Crippen LogP contribution in [0.2, 0.25) is 5.02 Å². The highest BCUT2D eigenvalue weighted by atomic mass is 35.5. The van der Waals surface area contributed by atoms with E-state index in [-0.39, 0.29) is 11.5 Å². The van der Waals surface area contributed by atoms with Crippen molar-refractivity contribution in [3.8, 4) is 0 Å². The van der Waals surface area contributed by atoms with E-state index in [1.807, 2.05) is 90.4 Å². The number of rotatable bonds is 2. The van der Waals surface area contributed by atoms with Crippen molar-refractivity contribution < 1.29 is 13.8 Å². The molecule has 1 amide bonds. The van der Waals surface area contributed by atoms with Crippen LogP contribution in [0.3, 0.4) is 0 Å². The van der Waals surface area contributed by atoms with Gasteiger partial charge in [0.15, 0.2) is 11.2 Å². The van der Waals surface area contributed by atoms with Crippen molar-refractivity contribution in [2.24, 2.45) is 12.0 Å². The summed E-state index contributed by atoms with van der Waals surface area (Å²) in [6.45, 7) is 0. The molecule has 7 nitrogen and oxygen atoms in total. The lowest BCUT2D eigenvalue weighted by molar-refractivity contribution is -0.627. The molecule has 0 spiro atoms. The Bertz CT molecular complexity index is 1660. The first-order valence-corrected chi connectivity index (χ1v) is 12.4. The van der Waals surface area contributed by atoms with E-state index in [1.165, 1.54) is 23.1 Å². The Labute approximate surface area is 207 Å². The third kappa shape index (κ3) is 3.44. The molecular weight excluding hydrogens is 490 g/mol. The Balaban J connectivity index is 1.53. The number of aryl methyl sites for hydroxylation is 1. The van der Waals surface area contributed by atoms with Gasteiger partial charge in [0.2, 0.25) is 5.55 Å². The van der Waals surface area contributed by atoms with Gasteiger partial charge in [0.05, 0.1) is 17.4 Å². The predicted octanol–water partition coefficient (Wildman–Crippen LogP) is 3.69. The Morgan fingerprint density at radius 3 is 2.79 bits per heavy atom. The number of carbonyl (C=O) groups is 1. The number of hydrogen-bond acceptors (Lipinski definition) is 7. The van der Waals surface area contributed by atoms with Crippen LogP contribution < -0.4 is 25.3 Å². The SMILES string of the molecule is CN1C=CC=c2o/c(=C3\S/C(=N\c4sc5cc(Cl)ccc5[n+]4C)N(c4ccccc4)C3=O)nc21. The van der Waals surface area contributed by atoms with Crippen molar-refractivity contribution >= 4 is 83.6 Å². The fraction of sp³-hybridized carbons (Fsp3) is 0.0833. The highest BCUT2D eigenvalue weighted by Crippen LogP contribution is 2.37. The molecule has 2 aliphatic rings. The lowest BCUT2D eigenvalue weighted by Crippen LogP contribution is -2.31. The van der Waals surface area contributed by atoms with E-state index in [4.69, 9.17) is 21.0 Å². The van der Waals surface area contributed by atoms with Crippen molar-refractivity contribution in [2.75, 3.05) is 16.8 Å². The maximum absolute atomic E-state index is 13.6. The summed E-state index contributed by atoms with van der Waals surface area (Å²) in [6, 6.07) is 15.2. The van der Waals surface area contributed by atoms with Gasteiger partial charge in [-0.25, -0.2) is 9.47 Å².